The van der Waals surface area contributed by atoms with E-state index in [0.717, 1.165) is 0 Å². The molecule has 0 bridgehead atoms. The summed E-state index contributed by atoms with van der Waals surface area (Å²) in [4.78, 5) is 10.6. The normalized spacial score (nSPS) is 10.2. The van der Waals surface area contributed by atoms with E-state index in [1.807, 2.05) is 0 Å². The molecule has 4 nitrogen and oxygen atoms in total. The molecule has 21 heavy (non-hydrogen) atoms. The van der Waals surface area contributed by atoms with Crippen LogP contribution in [0, 0.1) is 0 Å². The molecule has 0 aromatic heterocycles. The Bertz CT molecular complexity index is 673. The number of carbonyl (C=O) groups is 1. The Morgan fingerprint density at radius 2 is 1.57 bits per heavy atom. The van der Waals surface area contributed by atoms with E-state index in [4.69, 9.17) is 49.4 Å². The van der Waals surface area contributed by atoms with E-state index < -0.39 is 12.6 Å². The summed E-state index contributed by atoms with van der Waals surface area (Å²) in [6, 6.07) is 9.37. The van der Waals surface area contributed by atoms with Crippen LogP contribution in [0.1, 0.15) is 0 Å². The van der Waals surface area contributed by atoms with Crippen LogP contribution in [0.15, 0.2) is 36.4 Å². The van der Waals surface area contributed by atoms with Gasteiger partial charge >= 0.3 is 5.97 Å². The average molecular weight is 348 g/mol. The molecule has 0 aliphatic carbocycles. The summed E-state index contributed by atoms with van der Waals surface area (Å²) in [5.41, 5.74) is 0. The minimum absolute atomic E-state index is 0.205. The Balaban J connectivity index is 2.28. The molecule has 0 atom stereocenters. The number of halogens is 3. The summed E-state index contributed by atoms with van der Waals surface area (Å²) in [6.07, 6.45) is 0. The number of hydrogen-bond donors (Lipinski definition) is 1. The van der Waals surface area contributed by atoms with Crippen molar-refractivity contribution in [3.63, 3.8) is 0 Å². The molecule has 0 amide bonds. The largest absolute Gasteiger partial charge is 0.479 e. The zero-order valence-corrected chi connectivity index (χ0v) is 12.7. The van der Waals surface area contributed by atoms with Crippen LogP contribution in [0.3, 0.4) is 0 Å². The smallest absolute Gasteiger partial charge is 0.341 e. The van der Waals surface area contributed by atoms with Crippen molar-refractivity contribution in [2.24, 2.45) is 0 Å². The third-order valence-corrected chi connectivity index (χ3v) is 3.14. The number of ether oxygens (including phenoxy) is 2. The maximum absolute atomic E-state index is 10.6. The lowest BCUT2D eigenvalue weighted by molar-refractivity contribution is -0.139. The first-order valence-corrected chi connectivity index (χ1v) is 6.86. The summed E-state index contributed by atoms with van der Waals surface area (Å²) in [5, 5.41) is 9.86. The van der Waals surface area contributed by atoms with Gasteiger partial charge in [0.15, 0.2) is 18.1 Å². The number of carboxylic acid groups (broad SMARTS) is 1. The van der Waals surface area contributed by atoms with E-state index in [9.17, 15) is 4.79 Å². The minimum atomic E-state index is -1.11. The summed E-state index contributed by atoms with van der Waals surface area (Å²) in [6.45, 7) is -0.509. The van der Waals surface area contributed by atoms with Crippen LogP contribution in [-0.2, 0) is 4.79 Å². The highest BCUT2D eigenvalue weighted by Gasteiger charge is 2.11. The highest BCUT2D eigenvalue weighted by molar-refractivity contribution is 6.35. The Hall–Kier alpha value is -1.62. The number of rotatable bonds is 5. The van der Waals surface area contributed by atoms with Gasteiger partial charge in [-0.05, 0) is 30.3 Å². The van der Waals surface area contributed by atoms with Gasteiger partial charge in [-0.15, -0.1) is 0 Å². The molecule has 2 aromatic carbocycles. The molecular weight excluding hydrogens is 339 g/mol. The second kappa shape index (κ2) is 6.89. The molecule has 0 aliphatic heterocycles. The van der Waals surface area contributed by atoms with Crippen molar-refractivity contribution >= 4 is 40.8 Å². The van der Waals surface area contributed by atoms with Gasteiger partial charge in [0.05, 0.1) is 5.02 Å². The highest BCUT2D eigenvalue weighted by Crippen LogP contribution is 2.37. The predicted molar refractivity (Wildman–Crippen MR) is 81.1 cm³/mol. The molecule has 0 unspecified atom stereocenters. The Morgan fingerprint density at radius 3 is 2.19 bits per heavy atom. The van der Waals surface area contributed by atoms with Crippen LogP contribution in [-0.4, -0.2) is 17.7 Å². The van der Waals surface area contributed by atoms with Gasteiger partial charge in [0.1, 0.15) is 5.75 Å². The molecule has 110 valence electrons. The first-order chi connectivity index (χ1) is 9.95. The summed E-state index contributed by atoms with van der Waals surface area (Å²) in [5.74, 6) is -0.241. The molecule has 7 heteroatoms. The Kier molecular flexibility index (Phi) is 5.17. The van der Waals surface area contributed by atoms with Gasteiger partial charge in [0, 0.05) is 16.1 Å². The molecule has 1 N–H and O–H groups in total. The fraction of sp³-hybridized carbons (Fsp3) is 0.0714. The van der Waals surface area contributed by atoms with Crippen molar-refractivity contribution in [1.82, 2.24) is 0 Å². The van der Waals surface area contributed by atoms with Crippen LogP contribution in [0.5, 0.6) is 17.2 Å². The second-order valence-electron chi connectivity index (χ2n) is 3.95. The van der Waals surface area contributed by atoms with Crippen LogP contribution in [0.4, 0.5) is 0 Å². The van der Waals surface area contributed by atoms with Gasteiger partial charge in [-0.2, -0.15) is 0 Å². The zero-order chi connectivity index (χ0) is 15.4. The van der Waals surface area contributed by atoms with Crippen molar-refractivity contribution in [2.75, 3.05) is 6.61 Å². The van der Waals surface area contributed by atoms with Crippen LogP contribution in [0.25, 0.3) is 0 Å². The Morgan fingerprint density at radius 1 is 0.952 bits per heavy atom. The highest BCUT2D eigenvalue weighted by atomic mass is 35.5. The fourth-order valence-electron chi connectivity index (χ4n) is 1.49. The van der Waals surface area contributed by atoms with Gasteiger partial charge in [-0.3, -0.25) is 0 Å². The fourth-order valence-corrected chi connectivity index (χ4v) is 2.10. The lowest BCUT2D eigenvalue weighted by Crippen LogP contribution is -2.09. The molecule has 0 saturated heterocycles. The lowest BCUT2D eigenvalue weighted by Gasteiger charge is -2.12. The SMILES string of the molecule is O=C(O)COc1cc(Cl)ccc1Oc1ccc(Cl)cc1Cl. The first kappa shape index (κ1) is 15.8. The van der Waals surface area contributed by atoms with E-state index in [2.05, 4.69) is 0 Å². The van der Waals surface area contributed by atoms with Gasteiger partial charge < -0.3 is 14.6 Å². The third kappa shape index (κ3) is 4.43. The summed E-state index contributed by atoms with van der Waals surface area (Å²) >= 11 is 17.7. The standard InChI is InChI=1S/C14H9Cl3O4/c15-8-1-3-11(10(17)5-8)21-12-4-2-9(16)6-13(12)20-7-14(18)19/h1-6H,7H2,(H,18,19). The molecule has 2 aromatic rings. The monoisotopic (exact) mass is 346 g/mol. The molecule has 0 aliphatic rings. The van der Waals surface area contributed by atoms with Crippen molar-refractivity contribution in [3.8, 4) is 17.2 Å². The molecular formula is C14H9Cl3O4. The molecule has 0 spiro atoms. The topological polar surface area (TPSA) is 55.8 Å². The van der Waals surface area contributed by atoms with Crippen LogP contribution >= 0.6 is 34.8 Å². The second-order valence-corrected chi connectivity index (χ2v) is 5.23. The number of aliphatic carboxylic acids is 1. The number of benzene rings is 2. The first-order valence-electron chi connectivity index (χ1n) is 5.73. The molecule has 0 fully saturated rings. The minimum Gasteiger partial charge on any atom is -0.479 e. The van der Waals surface area contributed by atoms with Crippen LogP contribution in [0.2, 0.25) is 15.1 Å². The Labute approximate surface area is 135 Å². The zero-order valence-electron chi connectivity index (χ0n) is 10.5. The van der Waals surface area contributed by atoms with E-state index in [0.29, 0.717) is 26.6 Å². The summed E-state index contributed by atoms with van der Waals surface area (Å²) < 4.78 is 10.8. The van der Waals surface area contributed by atoms with Gasteiger partial charge in [0.2, 0.25) is 0 Å². The predicted octanol–water partition coefficient (Wildman–Crippen LogP) is 4.90. The maximum atomic E-state index is 10.6. The van der Waals surface area contributed by atoms with Crippen molar-refractivity contribution in [3.05, 3.63) is 51.5 Å². The molecule has 0 heterocycles. The molecule has 0 saturated carbocycles. The molecule has 0 radical (unpaired) electrons. The number of carboxylic acids is 1. The maximum Gasteiger partial charge on any atom is 0.341 e. The van der Waals surface area contributed by atoms with E-state index >= 15 is 0 Å². The van der Waals surface area contributed by atoms with E-state index in [-0.39, 0.29) is 5.75 Å². The molecule has 2 rings (SSSR count). The third-order valence-electron chi connectivity index (χ3n) is 2.37. The van der Waals surface area contributed by atoms with E-state index in [1.54, 1.807) is 24.3 Å². The van der Waals surface area contributed by atoms with Gasteiger partial charge in [-0.25, -0.2) is 4.79 Å². The van der Waals surface area contributed by atoms with Gasteiger partial charge in [-0.1, -0.05) is 34.8 Å². The quantitative estimate of drug-likeness (QED) is 0.835. The van der Waals surface area contributed by atoms with Crippen molar-refractivity contribution in [2.45, 2.75) is 0 Å². The number of hydrogen-bond acceptors (Lipinski definition) is 3. The van der Waals surface area contributed by atoms with Crippen molar-refractivity contribution in [1.29, 1.82) is 0 Å². The average Bonchev–Trinajstić information content (AvgIpc) is 2.41. The van der Waals surface area contributed by atoms with E-state index in [1.165, 1.54) is 12.1 Å². The van der Waals surface area contributed by atoms with Gasteiger partial charge in [0.25, 0.3) is 0 Å². The lowest BCUT2D eigenvalue weighted by atomic mass is 10.3. The van der Waals surface area contributed by atoms with Crippen molar-refractivity contribution < 1.29 is 19.4 Å². The summed E-state index contributed by atoms with van der Waals surface area (Å²) in [7, 11) is 0. The van der Waals surface area contributed by atoms with Crippen LogP contribution < -0.4 is 9.47 Å².